The number of rotatable bonds is 7. The van der Waals surface area contributed by atoms with E-state index in [1.165, 1.54) is 0 Å². The Hall–Kier alpha value is -2.60. The Labute approximate surface area is 181 Å². The Morgan fingerprint density at radius 2 is 1.87 bits per heavy atom. The first-order chi connectivity index (χ1) is 14.2. The van der Waals surface area contributed by atoms with Crippen LogP contribution in [0.25, 0.3) is 0 Å². The van der Waals surface area contributed by atoms with Crippen molar-refractivity contribution >= 4 is 29.3 Å². The van der Waals surface area contributed by atoms with Gasteiger partial charge in [0.05, 0.1) is 23.2 Å². The van der Waals surface area contributed by atoms with E-state index < -0.39 is 12.0 Å². The summed E-state index contributed by atoms with van der Waals surface area (Å²) in [5, 5.41) is 0.365. The standard InChI is InChI=1S/C23H27ClN2O4/c1-6-30-23(29)20-13(2)19(14(3)25(20)5)21(27)15(4)26(16-11-12-16)22(28)17-9-7-8-10-18(17)24/h7-10,15-16H,6,11-12H2,1-5H3. The lowest BCUT2D eigenvalue weighted by Gasteiger charge is -2.29. The van der Waals surface area contributed by atoms with Crippen molar-refractivity contribution in [3.8, 4) is 0 Å². The third-order valence-corrected chi connectivity index (χ3v) is 6.05. The van der Waals surface area contributed by atoms with E-state index in [-0.39, 0.29) is 24.3 Å². The molecule has 6 nitrogen and oxygen atoms in total. The number of carbonyl (C=O) groups is 3. The summed E-state index contributed by atoms with van der Waals surface area (Å²) >= 11 is 6.24. The van der Waals surface area contributed by atoms with Crippen molar-refractivity contribution in [2.75, 3.05) is 6.61 Å². The zero-order valence-corrected chi connectivity index (χ0v) is 18.7. The third-order valence-electron chi connectivity index (χ3n) is 5.72. The second kappa shape index (κ2) is 8.64. The number of carbonyl (C=O) groups excluding carboxylic acids is 3. The molecule has 1 aliphatic rings. The van der Waals surface area contributed by atoms with Gasteiger partial charge in [0.15, 0.2) is 5.78 Å². The monoisotopic (exact) mass is 430 g/mol. The lowest BCUT2D eigenvalue weighted by Crippen LogP contribution is -2.45. The van der Waals surface area contributed by atoms with Crippen LogP contribution in [0.3, 0.4) is 0 Å². The molecular formula is C23H27ClN2O4. The fourth-order valence-electron chi connectivity index (χ4n) is 3.95. The number of hydrogen-bond donors (Lipinski definition) is 0. The van der Waals surface area contributed by atoms with Crippen molar-refractivity contribution in [1.29, 1.82) is 0 Å². The van der Waals surface area contributed by atoms with Gasteiger partial charge in [-0.25, -0.2) is 4.79 Å². The number of halogens is 1. The minimum atomic E-state index is -0.684. The van der Waals surface area contributed by atoms with Crippen LogP contribution >= 0.6 is 11.6 Å². The molecule has 7 heteroatoms. The summed E-state index contributed by atoms with van der Waals surface area (Å²) in [7, 11) is 1.74. The molecule has 0 spiro atoms. The quantitative estimate of drug-likeness (QED) is 0.483. The number of aromatic nitrogens is 1. The fourth-order valence-corrected chi connectivity index (χ4v) is 4.17. The first-order valence-electron chi connectivity index (χ1n) is 10.1. The van der Waals surface area contributed by atoms with Crippen molar-refractivity contribution in [3.63, 3.8) is 0 Å². The van der Waals surface area contributed by atoms with Crippen LogP contribution in [-0.2, 0) is 11.8 Å². The number of Topliss-reactive ketones (excluding diaryl/α,β-unsaturated/α-hetero) is 1. The highest BCUT2D eigenvalue weighted by molar-refractivity contribution is 6.33. The summed E-state index contributed by atoms with van der Waals surface area (Å²) < 4.78 is 6.84. The molecule has 1 fully saturated rings. The summed E-state index contributed by atoms with van der Waals surface area (Å²) in [5.74, 6) is -0.900. The minimum absolute atomic E-state index is 0.0153. The van der Waals surface area contributed by atoms with Gasteiger partial charge in [0.25, 0.3) is 5.91 Å². The van der Waals surface area contributed by atoms with E-state index in [0.717, 1.165) is 12.8 Å². The van der Waals surface area contributed by atoms with Gasteiger partial charge in [-0.3, -0.25) is 9.59 Å². The van der Waals surface area contributed by atoms with Crippen molar-refractivity contribution in [2.45, 2.75) is 52.6 Å². The number of ketones is 1. The molecule has 1 saturated carbocycles. The normalized spacial score (nSPS) is 14.3. The Balaban J connectivity index is 1.98. The van der Waals surface area contributed by atoms with Crippen LogP contribution in [0.4, 0.5) is 0 Å². The van der Waals surface area contributed by atoms with Crippen molar-refractivity contribution in [3.05, 3.63) is 57.4 Å². The van der Waals surface area contributed by atoms with Gasteiger partial charge in [0.1, 0.15) is 5.69 Å². The SMILES string of the molecule is CCOC(=O)c1c(C)c(C(=O)C(C)N(C(=O)c2ccccc2Cl)C2CC2)c(C)n1C. The van der Waals surface area contributed by atoms with Crippen molar-refractivity contribution in [1.82, 2.24) is 9.47 Å². The maximum absolute atomic E-state index is 13.5. The maximum Gasteiger partial charge on any atom is 0.355 e. The Bertz CT molecular complexity index is 1010. The molecular weight excluding hydrogens is 404 g/mol. The van der Waals surface area contributed by atoms with Gasteiger partial charge in [-0.15, -0.1) is 0 Å². The van der Waals surface area contributed by atoms with E-state index in [9.17, 15) is 14.4 Å². The van der Waals surface area contributed by atoms with Crippen LogP contribution in [0.1, 0.15) is 69.2 Å². The first kappa shape index (κ1) is 22.1. The zero-order valence-electron chi connectivity index (χ0n) is 18.0. The smallest absolute Gasteiger partial charge is 0.355 e. The summed E-state index contributed by atoms with van der Waals surface area (Å²) in [6.45, 7) is 7.28. The van der Waals surface area contributed by atoms with E-state index in [4.69, 9.17) is 16.3 Å². The molecule has 1 aliphatic carbocycles. The van der Waals surface area contributed by atoms with Gasteiger partial charge in [-0.05, 0) is 58.2 Å². The molecule has 3 rings (SSSR count). The number of nitrogens with zero attached hydrogens (tertiary/aromatic N) is 2. The zero-order chi connectivity index (χ0) is 22.2. The Morgan fingerprint density at radius 3 is 2.43 bits per heavy atom. The molecule has 160 valence electrons. The molecule has 0 saturated heterocycles. The number of benzene rings is 1. The summed E-state index contributed by atoms with van der Waals surface area (Å²) in [6.07, 6.45) is 1.71. The fraction of sp³-hybridized carbons (Fsp3) is 0.435. The van der Waals surface area contributed by atoms with Crippen LogP contribution in [0.2, 0.25) is 5.02 Å². The topological polar surface area (TPSA) is 68.6 Å². The van der Waals surface area contributed by atoms with Crippen LogP contribution in [-0.4, -0.2) is 45.8 Å². The molecule has 1 unspecified atom stereocenters. The summed E-state index contributed by atoms with van der Waals surface area (Å²) in [6, 6.07) is 6.20. The Kier molecular flexibility index (Phi) is 6.36. The number of ether oxygens (including phenoxy) is 1. The average molecular weight is 431 g/mol. The average Bonchev–Trinajstić information content (AvgIpc) is 3.50. The first-order valence-corrected chi connectivity index (χ1v) is 10.5. The molecule has 2 aromatic rings. The molecule has 0 bridgehead atoms. The largest absolute Gasteiger partial charge is 0.461 e. The number of amides is 1. The Morgan fingerprint density at radius 1 is 1.23 bits per heavy atom. The van der Waals surface area contributed by atoms with E-state index >= 15 is 0 Å². The highest BCUT2D eigenvalue weighted by Crippen LogP contribution is 2.33. The van der Waals surface area contributed by atoms with E-state index in [0.29, 0.717) is 33.1 Å². The molecule has 1 aromatic heterocycles. The van der Waals surface area contributed by atoms with Gasteiger partial charge in [0.2, 0.25) is 0 Å². The predicted molar refractivity (Wildman–Crippen MR) is 115 cm³/mol. The second-order valence-electron chi connectivity index (χ2n) is 7.68. The highest BCUT2D eigenvalue weighted by Gasteiger charge is 2.40. The molecule has 30 heavy (non-hydrogen) atoms. The van der Waals surface area contributed by atoms with Crippen molar-refractivity contribution < 1.29 is 19.1 Å². The predicted octanol–water partition coefficient (Wildman–Crippen LogP) is 4.35. The molecule has 0 N–H and O–H groups in total. The maximum atomic E-state index is 13.5. The highest BCUT2D eigenvalue weighted by atomic mass is 35.5. The summed E-state index contributed by atoms with van der Waals surface area (Å²) in [4.78, 5) is 40.8. The molecule has 1 amide bonds. The molecule has 1 heterocycles. The van der Waals surface area contributed by atoms with E-state index in [1.807, 2.05) is 0 Å². The van der Waals surface area contributed by atoms with E-state index in [1.54, 1.807) is 68.5 Å². The van der Waals surface area contributed by atoms with Crippen LogP contribution in [0.15, 0.2) is 24.3 Å². The molecule has 1 atom stereocenters. The third kappa shape index (κ3) is 3.88. The number of esters is 1. The number of hydrogen-bond acceptors (Lipinski definition) is 4. The van der Waals surface area contributed by atoms with Crippen molar-refractivity contribution in [2.24, 2.45) is 7.05 Å². The van der Waals surface area contributed by atoms with Gasteiger partial charge in [-0.2, -0.15) is 0 Å². The van der Waals surface area contributed by atoms with Crippen LogP contribution in [0.5, 0.6) is 0 Å². The van der Waals surface area contributed by atoms with Gasteiger partial charge < -0.3 is 14.2 Å². The lowest BCUT2D eigenvalue weighted by molar-refractivity contribution is 0.0513. The van der Waals surface area contributed by atoms with Crippen LogP contribution in [0, 0.1) is 13.8 Å². The van der Waals surface area contributed by atoms with E-state index in [2.05, 4.69) is 0 Å². The van der Waals surface area contributed by atoms with Crippen LogP contribution < -0.4 is 0 Å². The molecule has 1 aromatic carbocycles. The van der Waals surface area contributed by atoms with Gasteiger partial charge in [-0.1, -0.05) is 23.7 Å². The molecule has 0 radical (unpaired) electrons. The summed E-state index contributed by atoms with van der Waals surface area (Å²) in [5.41, 5.74) is 2.46. The lowest BCUT2D eigenvalue weighted by atomic mass is 9.99. The minimum Gasteiger partial charge on any atom is -0.461 e. The van der Waals surface area contributed by atoms with Gasteiger partial charge in [0, 0.05) is 24.3 Å². The molecule has 0 aliphatic heterocycles. The second-order valence-corrected chi connectivity index (χ2v) is 8.08. The van der Waals surface area contributed by atoms with Gasteiger partial charge >= 0.3 is 5.97 Å².